The lowest BCUT2D eigenvalue weighted by molar-refractivity contribution is -0.106. The predicted octanol–water partition coefficient (Wildman–Crippen LogP) is 2.74. The molecule has 0 aromatic heterocycles. The van der Waals surface area contributed by atoms with Gasteiger partial charge in [-0.15, -0.1) is 0 Å². The molecular formula is C22H35N3O3S. The van der Waals surface area contributed by atoms with E-state index < -0.39 is 9.84 Å². The number of nitrogens with one attached hydrogen (secondary N) is 2. The highest BCUT2D eigenvalue weighted by Crippen LogP contribution is 2.52. The molecule has 6 nitrogen and oxygen atoms in total. The molecule has 3 atom stereocenters. The van der Waals surface area contributed by atoms with Gasteiger partial charge in [0.05, 0.1) is 16.8 Å². The maximum absolute atomic E-state index is 12.7. The van der Waals surface area contributed by atoms with Gasteiger partial charge in [-0.2, -0.15) is 0 Å². The molecule has 1 saturated carbocycles. The smallest absolute Gasteiger partial charge is 0.191 e. The molecule has 2 aliphatic rings. The largest absolute Gasteiger partial charge is 0.377 e. The minimum atomic E-state index is -3.35. The van der Waals surface area contributed by atoms with Crippen LogP contribution >= 0.6 is 0 Å². The Morgan fingerprint density at radius 1 is 1.24 bits per heavy atom. The van der Waals surface area contributed by atoms with E-state index in [-0.39, 0.29) is 22.6 Å². The first-order valence-electron chi connectivity index (χ1n) is 10.4. The monoisotopic (exact) mass is 421 g/mol. The normalized spacial score (nSPS) is 26.6. The van der Waals surface area contributed by atoms with Crippen LogP contribution in [0, 0.1) is 11.3 Å². The topological polar surface area (TPSA) is 79.8 Å². The van der Waals surface area contributed by atoms with Crippen LogP contribution in [0.2, 0.25) is 0 Å². The molecule has 29 heavy (non-hydrogen) atoms. The molecule has 1 saturated heterocycles. The third-order valence-corrected chi connectivity index (χ3v) is 8.09. The lowest BCUT2D eigenvalue weighted by Crippen LogP contribution is -2.68. The zero-order chi connectivity index (χ0) is 21.4. The Labute approximate surface area is 175 Å². The lowest BCUT2D eigenvalue weighted by Gasteiger charge is -2.54. The van der Waals surface area contributed by atoms with Crippen molar-refractivity contribution in [2.75, 3.05) is 26.0 Å². The van der Waals surface area contributed by atoms with Gasteiger partial charge in [0, 0.05) is 37.6 Å². The summed E-state index contributed by atoms with van der Waals surface area (Å²) in [5.41, 5.74) is 1.16. The van der Waals surface area contributed by atoms with Gasteiger partial charge in [0.1, 0.15) is 0 Å². The number of rotatable bonds is 5. The standard InChI is InChI=1S/C22H35N3O3S/c1-21(2,3)15-7-9-16(10-8-15)29(26,27)14-12-24-20(23-6)25-18-17-11-13-28-19(17)22(18,4)5/h7-10,17-19H,11-14H2,1-6H3,(H2,23,24,25). The Kier molecular flexibility index (Phi) is 6.03. The molecule has 0 amide bonds. The molecule has 162 valence electrons. The Bertz CT molecular complexity index is 854. The van der Waals surface area contributed by atoms with Crippen molar-refractivity contribution in [2.24, 2.45) is 16.3 Å². The average molecular weight is 422 g/mol. The van der Waals surface area contributed by atoms with E-state index in [0.717, 1.165) is 18.6 Å². The van der Waals surface area contributed by atoms with Crippen molar-refractivity contribution in [3.05, 3.63) is 29.8 Å². The highest BCUT2D eigenvalue weighted by atomic mass is 32.2. The van der Waals surface area contributed by atoms with E-state index >= 15 is 0 Å². The van der Waals surface area contributed by atoms with Crippen LogP contribution < -0.4 is 10.6 Å². The van der Waals surface area contributed by atoms with Crippen LogP contribution in [0.5, 0.6) is 0 Å². The van der Waals surface area contributed by atoms with Gasteiger partial charge in [-0.05, 0) is 29.5 Å². The summed E-state index contributed by atoms with van der Waals surface area (Å²) in [6, 6.07) is 7.50. The SMILES string of the molecule is CN=C(NCCS(=O)(=O)c1ccc(C(C)(C)C)cc1)NC1C2CCOC2C1(C)C. The minimum absolute atomic E-state index is 0.000670. The summed E-state index contributed by atoms with van der Waals surface area (Å²) >= 11 is 0. The molecule has 0 radical (unpaired) electrons. The van der Waals surface area contributed by atoms with E-state index in [1.54, 1.807) is 19.2 Å². The van der Waals surface area contributed by atoms with Crippen LogP contribution in [-0.4, -0.2) is 52.5 Å². The van der Waals surface area contributed by atoms with Gasteiger partial charge in [0.2, 0.25) is 0 Å². The molecule has 0 spiro atoms. The molecule has 3 unspecified atom stereocenters. The van der Waals surface area contributed by atoms with Gasteiger partial charge < -0.3 is 15.4 Å². The van der Waals surface area contributed by atoms with Crippen molar-refractivity contribution in [1.82, 2.24) is 10.6 Å². The van der Waals surface area contributed by atoms with E-state index in [2.05, 4.69) is 50.2 Å². The number of benzene rings is 1. The number of sulfone groups is 1. The molecule has 2 fully saturated rings. The van der Waals surface area contributed by atoms with Gasteiger partial charge in [-0.25, -0.2) is 8.42 Å². The predicted molar refractivity (Wildman–Crippen MR) is 117 cm³/mol. The molecule has 2 N–H and O–H groups in total. The van der Waals surface area contributed by atoms with Crippen molar-refractivity contribution >= 4 is 15.8 Å². The maximum atomic E-state index is 12.7. The van der Waals surface area contributed by atoms with Crippen LogP contribution in [0.4, 0.5) is 0 Å². The van der Waals surface area contributed by atoms with E-state index in [1.165, 1.54) is 0 Å². The van der Waals surface area contributed by atoms with Gasteiger partial charge in [0.15, 0.2) is 15.8 Å². The molecule has 1 aromatic rings. The second-order valence-electron chi connectivity index (χ2n) is 9.78. The first-order chi connectivity index (χ1) is 13.5. The Hall–Kier alpha value is -1.60. The molecule has 1 heterocycles. The van der Waals surface area contributed by atoms with E-state index in [9.17, 15) is 8.42 Å². The fourth-order valence-corrected chi connectivity index (χ4v) is 5.70. The Morgan fingerprint density at radius 3 is 2.48 bits per heavy atom. The van der Waals surface area contributed by atoms with Crippen LogP contribution in [0.3, 0.4) is 0 Å². The van der Waals surface area contributed by atoms with Crippen LogP contribution in [0.25, 0.3) is 0 Å². The number of aliphatic imine (C=N–C) groups is 1. The second kappa shape index (κ2) is 7.91. The summed E-state index contributed by atoms with van der Waals surface area (Å²) in [6.07, 6.45) is 1.36. The van der Waals surface area contributed by atoms with Crippen LogP contribution in [-0.2, 0) is 20.0 Å². The quantitative estimate of drug-likeness (QED) is 0.564. The summed E-state index contributed by atoms with van der Waals surface area (Å²) in [4.78, 5) is 4.64. The summed E-state index contributed by atoms with van der Waals surface area (Å²) < 4.78 is 31.2. The van der Waals surface area contributed by atoms with Crippen molar-refractivity contribution in [1.29, 1.82) is 0 Å². The van der Waals surface area contributed by atoms with Crippen LogP contribution in [0.15, 0.2) is 34.2 Å². The van der Waals surface area contributed by atoms with E-state index in [4.69, 9.17) is 4.74 Å². The van der Waals surface area contributed by atoms with Gasteiger partial charge >= 0.3 is 0 Å². The second-order valence-corrected chi connectivity index (χ2v) is 11.9. The molecule has 3 rings (SSSR count). The van der Waals surface area contributed by atoms with Gasteiger partial charge in [0.25, 0.3) is 0 Å². The van der Waals surface area contributed by atoms with Crippen molar-refractivity contribution in [3.63, 3.8) is 0 Å². The third kappa shape index (κ3) is 4.45. The third-order valence-electron chi connectivity index (χ3n) is 6.36. The number of ether oxygens (including phenoxy) is 1. The van der Waals surface area contributed by atoms with Gasteiger partial charge in [-0.1, -0.05) is 46.8 Å². The lowest BCUT2D eigenvalue weighted by atomic mass is 9.57. The minimum Gasteiger partial charge on any atom is -0.377 e. The average Bonchev–Trinajstić information content (AvgIpc) is 3.11. The Balaban J connectivity index is 1.55. The summed E-state index contributed by atoms with van der Waals surface area (Å²) in [5, 5.41) is 6.65. The maximum Gasteiger partial charge on any atom is 0.191 e. The molecule has 1 aromatic carbocycles. The molecule has 7 heteroatoms. The highest BCUT2D eigenvalue weighted by Gasteiger charge is 2.59. The number of hydrogen-bond donors (Lipinski definition) is 2. The number of fused-ring (bicyclic) bond motifs is 1. The summed E-state index contributed by atoms with van der Waals surface area (Å²) in [7, 11) is -1.64. The van der Waals surface area contributed by atoms with E-state index in [0.29, 0.717) is 29.4 Å². The van der Waals surface area contributed by atoms with Crippen molar-refractivity contribution < 1.29 is 13.2 Å². The fraction of sp³-hybridized carbons (Fsp3) is 0.682. The molecule has 0 bridgehead atoms. The summed E-state index contributed by atoms with van der Waals surface area (Å²) in [6.45, 7) is 11.9. The first-order valence-corrected chi connectivity index (χ1v) is 12.0. The number of hydrogen-bond acceptors (Lipinski definition) is 4. The van der Waals surface area contributed by atoms with Crippen molar-refractivity contribution in [2.45, 2.75) is 63.5 Å². The number of guanidine groups is 1. The van der Waals surface area contributed by atoms with E-state index in [1.807, 2.05) is 12.1 Å². The van der Waals surface area contributed by atoms with Crippen LogP contribution in [0.1, 0.15) is 46.6 Å². The zero-order valence-electron chi connectivity index (χ0n) is 18.5. The fourth-order valence-electron chi connectivity index (χ4n) is 4.54. The first kappa shape index (κ1) is 22.1. The van der Waals surface area contributed by atoms with Crippen molar-refractivity contribution in [3.8, 4) is 0 Å². The van der Waals surface area contributed by atoms with Gasteiger partial charge in [-0.3, -0.25) is 4.99 Å². The summed E-state index contributed by atoms with van der Waals surface area (Å²) in [5.74, 6) is 1.16. The highest BCUT2D eigenvalue weighted by molar-refractivity contribution is 7.91. The molecule has 1 aliphatic heterocycles. The zero-order valence-corrected chi connectivity index (χ0v) is 19.3. The number of nitrogens with zero attached hydrogens (tertiary/aromatic N) is 1. The Morgan fingerprint density at radius 2 is 1.90 bits per heavy atom. The molecular weight excluding hydrogens is 386 g/mol. The molecule has 1 aliphatic carbocycles.